The Morgan fingerprint density at radius 3 is 2.42 bits per heavy atom. The van der Waals surface area contributed by atoms with Crippen molar-refractivity contribution in [2.75, 3.05) is 12.4 Å². The Hall–Kier alpha value is -4.47. The van der Waals surface area contributed by atoms with Gasteiger partial charge in [-0.2, -0.15) is 18.3 Å². The lowest BCUT2D eigenvalue weighted by molar-refractivity contribution is -0.122. The number of methoxy groups -OCH3 is 1. The molecule has 2 fully saturated rings. The zero-order valence-corrected chi connectivity index (χ0v) is 27.2. The quantitative estimate of drug-likeness (QED) is 0.232. The van der Waals surface area contributed by atoms with Crippen molar-refractivity contribution in [1.29, 1.82) is 0 Å². The third-order valence-electron chi connectivity index (χ3n) is 8.49. The molecule has 5 rings (SSSR count). The lowest BCUT2D eigenvalue weighted by atomic mass is 9.83. The number of hydrogen-bond donors (Lipinski definition) is 2. The van der Waals surface area contributed by atoms with Crippen LogP contribution in [0.15, 0.2) is 53.6 Å². The number of sulfone groups is 1. The maximum Gasteiger partial charge on any atom is 0.501 e. The van der Waals surface area contributed by atoms with Crippen LogP contribution in [0, 0.1) is 23.6 Å². The zero-order chi connectivity index (χ0) is 35.2. The number of carbonyl (C=O) groups excluding carboxylic acids is 3. The molecule has 2 N–H and O–H groups in total. The molecule has 0 aliphatic heterocycles. The van der Waals surface area contributed by atoms with Crippen LogP contribution in [0.5, 0.6) is 5.75 Å². The first-order chi connectivity index (χ1) is 22.4. The molecule has 2 amide bonds. The highest BCUT2D eigenvalue weighted by atomic mass is 32.2. The van der Waals surface area contributed by atoms with E-state index in [1.54, 1.807) is 20.8 Å². The molecule has 2 aliphatic rings. The Labute approximate surface area is 273 Å². The van der Waals surface area contributed by atoms with Gasteiger partial charge in [0.25, 0.3) is 15.7 Å². The van der Waals surface area contributed by atoms with Crippen LogP contribution >= 0.6 is 0 Å². The largest absolute Gasteiger partial charge is 0.501 e. The summed E-state index contributed by atoms with van der Waals surface area (Å²) < 4.78 is 90.3. The molecule has 11 nitrogen and oxygen atoms in total. The van der Waals surface area contributed by atoms with Crippen LogP contribution in [-0.2, 0) is 25.9 Å². The fourth-order valence-corrected chi connectivity index (χ4v) is 7.20. The van der Waals surface area contributed by atoms with E-state index in [2.05, 4.69) is 15.7 Å². The summed E-state index contributed by atoms with van der Waals surface area (Å²) in [5.74, 6) is -3.71. The minimum atomic E-state index is -5.64. The molecular weight excluding hydrogens is 660 g/mol. The summed E-state index contributed by atoms with van der Waals surface area (Å²) in [4.78, 5) is 38.9. The van der Waals surface area contributed by atoms with Crippen LogP contribution in [0.2, 0.25) is 0 Å². The summed E-state index contributed by atoms with van der Waals surface area (Å²) in [5.41, 5.74) is -6.39. The maximum absolute atomic E-state index is 15.2. The molecule has 1 heterocycles. The van der Waals surface area contributed by atoms with Crippen molar-refractivity contribution in [3.8, 4) is 5.75 Å². The third-order valence-corrected chi connectivity index (χ3v) is 9.98. The van der Waals surface area contributed by atoms with E-state index < -0.39 is 61.4 Å². The van der Waals surface area contributed by atoms with Gasteiger partial charge in [-0.1, -0.05) is 6.07 Å². The van der Waals surface area contributed by atoms with Gasteiger partial charge >= 0.3 is 11.5 Å². The van der Waals surface area contributed by atoms with E-state index in [1.807, 2.05) is 0 Å². The normalized spacial score (nSPS) is 20.8. The van der Waals surface area contributed by atoms with E-state index in [9.17, 15) is 36.0 Å². The van der Waals surface area contributed by atoms with Crippen molar-refractivity contribution in [1.82, 2.24) is 15.1 Å². The maximum atomic E-state index is 15.2. The van der Waals surface area contributed by atoms with E-state index >= 15 is 4.39 Å². The van der Waals surface area contributed by atoms with Gasteiger partial charge in [0.15, 0.2) is 0 Å². The van der Waals surface area contributed by atoms with E-state index in [-0.39, 0.29) is 46.6 Å². The summed E-state index contributed by atoms with van der Waals surface area (Å²) in [5, 5.41) is 9.52. The van der Waals surface area contributed by atoms with Gasteiger partial charge in [0.2, 0.25) is 5.91 Å². The molecule has 0 unspecified atom stereocenters. The number of esters is 1. The number of hydrogen-bond acceptors (Lipinski definition) is 8. The lowest BCUT2D eigenvalue weighted by Gasteiger charge is -2.31. The van der Waals surface area contributed by atoms with Crippen molar-refractivity contribution in [3.63, 3.8) is 0 Å². The number of alkyl halides is 3. The van der Waals surface area contributed by atoms with Gasteiger partial charge < -0.3 is 20.1 Å². The van der Waals surface area contributed by atoms with Crippen LogP contribution in [-0.4, -0.2) is 60.2 Å². The van der Waals surface area contributed by atoms with Gasteiger partial charge in [0, 0.05) is 29.6 Å². The summed E-state index contributed by atoms with van der Waals surface area (Å²) >= 11 is 0. The number of nitrogens with one attached hydrogen (secondary N) is 2. The average Bonchev–Trinajstić information content (AvgIpc) is 3.73. The Morgan fingerprint density at radius 2 is 1.75 bits per heavy atom. The summed E-state index contributed by atoms with van der Waals surface area (Å²) in [6.07, 6.45) is 3.38. The van der Waals surface area contributed by atoms with Crippen molar-refractivity contribution in [3.05, 3.63) is 71.3 Å². The molecule has 0 saturated heterocycles. The minimum Gasteiger partial charge on any atom is -0.496 e. The molecule has 2 aliphatic carbocycles. The topological polar surface area (TPSA) is 146 Å². The number of aromatic nitrogens is 2. The molecule has 3 aromatic rings. The van der Waals surface area contributed by atoms with Crippen molar-refractivity contribution in [2.45, 2.75) is 68.6 Å². The van der Waals surface area contributed by atoms with Gasteiger partial charge in [0.1, 0.15) is 22.9 Å². The minimum absolute atomic E-state index is 0.0189. The molecule has 2 bridgehead atoms. The second kappa shape index (κ2) is 12.9. The number of anilines is 1. The van der Waals surface area contributed by atoms with Crippen molar-refractivity contribution >= 4 is 33.3 Å². The number of rotatable bonds is 9. The predicted molar refractivity (Wildman–Crippen MR) is 163 cm³/mol. The fraction of sp³-hybridized carbons (Fsp3) is 0.438. The fourth-order valence-electron chi connectivity index (χ4n) is 6.40. The van der Waals surface area contributed by atoms with E-state index in [0.717, 1.165) is 30.7 Å². The number of amides is 2. The highest BCUT2D eigenvalue weighted by molar-refractivity contribution is 7.92. The standard InChI is InChI=1S/C32H34F4N4O7S/c1-31(2,3)47-30(43)24-10-11-37-40(24)16-19-13-22(25(46-4)15-23(19)33)28(41)39-27-18-9-8-17(12-18)26(27)29(42)38-20-6-5-7-21(14-20)48(44,45)32(34,35)36/h5-7,10-11,13-15,17-18,26-27H,8-9,12,16H2,1-4H3,(H,38,42)(H,39,41)/t17-,18+,26+,27-/m1/s1. The third kappa shape index (κ3) is 7.03. The molecule has 48 heavy (non-hydrogen) atoms. The molecule has 16 heteroatoms. The van der Waals surface area contributed by atoms with E-state index in [0.29, 0.717) is 12.8 Å². The van der Waals surface area contributed by atoms with Gasteiger partial charge in [0.05, 0.1) is 30.0 Å². The number of benzene rings is 2. The van der Waals surface area contributed by atoms with Crippen molar-refractivity contribution < 1.29 is 49.8 Å². The first kappa shape index (κ1) is 34.9. The molecule has 2 saturated carbocycles. The first-order valence-corrected chi connectivity index (χ1v) is 16.5. The SMILES string of the molecule is COc1cc(F)c(Cn2nccc2C(=O)OC(C)(C)C)cc1C(=O)N[C@@H]1[C@H]2CC[C@H](C2)[C@@H]1C(=O)Nc1cccc(S(=O)(=O)C(F)(F)F)c1. The van der Waals surface area contributed by atoms with Crippen LogP contribution < -0.4 is 15.4 Å². The summed E-state index contributed by atoms with van der Waals surface area (Å²) in [6, 6.07) is 6.94. The first-order valence-electron chi connectivity index (χ1n) is 15.0. The van der Waals surface area contributed by atoms with Crippen LogP contribution in [0.4, 0.5) is 23.2 Å². The molecule has 4 atom stereocenters. The molecule has 0 spiro atoms. The van der Waals surface area contributed by atoms with Gasteiger partial charge in [-0.15, -0.1) is 0 Å². The number of carbonyl (C=O) groups is 3. The van der Waals surface area contributed by atoms with Gasteiger partial charge in [-0.3, -0.25) is 14.3 Å². The molecular formula is C32H34F4N4O7S. The van der Waals surface area contributed by atoms with E-state index in [4.69, 9.17) is 9.47 Å². The summed E-state index contributed by atoms with van der Waals surface area (Å²) in [6.45, 7) is 4.88. The monoisotopic (exact) mass is 694 g/mol. The van der Waals surface area contributed by atoms with E-state index in [1.165, 1.54) is 36.2 Å². The lowest BCUT2D eigenvalue weighted by Crippen LogP contribution is -2.48. The highest BCUT2D eigenvalue weighted by Crippen LogP contribution is 2.49. The molecule has 258 valence electrons. The smallest absolute Gasteiger partial charge is 0.496 e. The van der Waals surface area contributed by atoms with Crippen LogP contribution in [0.3, 0.4) is 0 Å². The second-order valence-corrected chi connectivity index (χ2v) is 14.8. The molecule has 2 aromatic carbocycles. The summed E-state index contributed by atoms with van der Waals surface area (Å²) in [7, 11) is -4.37. The predicted octanol–water partition coefficient (Wildman–Crippen LogP) is 5.11. The molecule has 1 aromatic heterocycles. The van der Waals surface area contributed by atoms with Gasteiger partial charge in [-0.25, -0.2) is 17.6 Å². The molecule has 0 radical (unpaired) electrons. The Balaban J connectivity index is 1.37. The number of nitrogens with zero attached hydrogens (tertiary/aromatic N) is 2. The number of fused-ring (bicyclic) bond motifs is 2. The number of ether oxygens (including phenoxy) is 2. The second-order valence-electron chi connectivity index (χ2n) is 12.8. The Morgan fingerprint density at radius 1 is 1.04 bits per heavy atom. The average molecular weight is 695 g/mol. The number of halogens is 4. The van der Waals surface area contributed by atoms with Gasteiger partial charge in [-0.05, 0) is 82.2 Å². The van der Waals surface area contributed by atoms with Crippen LogP contribution in [0.25, 0.3) is 0 Å². The highest BCUT2D eigenvalue weighted by Gasteiger charge is 2.52. The van der Waals surface area contributed by atoms with Crippen molar-refractivity contribution in [2.24, 2.45) is 17.8 Å². The van der Waals surface area contributed by atoms with Crippen LogP contribution in [0.1, 0.15) is 66.4 Å². The zero-order valence-electron chi connectivity index (χ0n) is 26.4. The Kier molecular flexibility index (Phi) is 9.34. The Bertz CT molecular complexity index is 1850.